The van der Waals surface area contributed by atoms with Crippen molar-refractivity contribution in [2.24, 2.45) is 5.41 Å². The first-order valence-corrected chi connectivity index (χ1v) is 7.53. The summed E-state index contributed by atoms with van der Waals surface area (Å²) < 4.78 is 0. The van der Waals surface area contributed by atoms with Gasteiger partial charge in [0, 0.05) is 24.2 Å². The van der Waals surface area contributed by atoms with Crippen molar-refractivity contribution in [3.63, 3.8) is 0 Å². The monoisotopic (exact) mass is 280 g/mol. The van der Waals surface area contributed by atoms with E-state index in [0.29, 0.717) is 11.5 Å². The first-order chi connectivity index (χ1) is 8.95. The molecule has 1 saturated heterocycles. The zero-order valence-electron chi connectivity index (χ0n) is 12.2. The van der Waals surface area contributed by atoms with E-state index in [-0.39, 0.29) is 0 Å². The molecule has 2 nitrogen and oxygen atoms in total. The minimum absolute atomic E-state index is 0.303. The summed E-state index contributed by atoms with van der Waals surface area (Å²) in [5.41, 5.74) is 1.61. The molecule has 1 aliphatic heterocycles. The van der Waals surface area contributed by atoms with Gasteiger partial charge < -0.3 is 5.32 Å². The highest BCUT2D eigenvalue weighted by Crippen LogP contribution is 2.22. The number of benzene rings is 1. The molecule has 0 saturated carbocycles. The molecule has 1 heterocycles. The quantitative estimate of drug-likeness (QED) is 0.891. The van der Waals surface area contributed by atoms with E-state index >= 15 is 0 Å². The molecule has 2 rings (SSSR count). The Morgan fingerprint density at radius 2 is 2.16 bits per heavy atom. The Kier molecular flexibility index (Phi) is 4.88. The molecule has 1 N–H and O–H groups in total. The summed E-state index contributed by atoms with van der Waals surface area (Å²) in [7, 11) is 0. The van der Waals surface area contributed by atoms with Crippen LogP contribution >= 0.6 is 11.6 Å². The highest BCUT2D eigenvalue weighted by atomic mass is 35.5. The number of nitrogens with zero attached hydrogens (tertiary/aromatic N) is 1. The van der Waals surface area contributed by atoms with Gasteiger partial charge in [-0.1, -0.05) is 44.5 Å². The molecule has 19 heavy (non-hydrogen) atoms. The molecule has 0 spiro atoms. The van der Waals surface area contributed by atoms with Crippen LogP contribution in [-0.4, -0.2) is 30.6 Å². The molecule has 3 heteroatoms. The van der Waals surface area contributed by atoms with E-state index in [0.717, 1.165) is 31.2 Å². The van der Waals surface area contributed by atoms with Crippen LogP contribution in [0.3, 0.4) is 0 Å². The standard InChI is InChI=1S/C16H25ClN2/c1-16(2,3)15-12-19(9-5-8-18-15)11-13-6-4-7-14(17)10-13/h4,6-7,10,15,18H,5,8-9,11-12H2,1-3H3. The predicted molar refractivity (Wildman–Crippen MR) is 82.6 cm³/mol. The van der Waals surface area contributed by atoms with E-state index in [9.17, 15) is 0 Å². The zero-order chi connectivity index (χ0) is 13.9. The smallest absolute Gasteiger partial charge is 0.0409 e. The van der Waals surface area contributed by atoms with Crippen LogP contribution in [-0.2, 0) is 6.54 Å². The molecule has 1 aromatic carbocycles. The fourth-order valence-corrected chi connectivity index (χ4v) is 2.82. The van der Waals surface area contributed by atoms with Gasteiger partial charge in [-0.25, -0.2) is 0 Å². The molecule has 0 radical (unpaired) electrons. The zero-order valence-corrected chi connectivity index (χ0v) is 13.0. The van der Waals surface area contributed by atoms with E-state index in [1.54, 1.807) is 0 Å². The molecule has 1 atom stereocenters. The van der Waals surface area contributed by atoms with Crippen LogP contribution in [0.5, 0.6) is 0 Å². The number of hydrogen-bond donors (Lipinski definition) is 1. The summed E-state index contributed by atoms with van der Waals surface area (Å²) in [6.45, 7) is 11.3. The normalized spacial score (nSPS) is 22.2. The van der Waals surface area contributed by atoms with E-state index in [4.69, 9.17) is 11.6 Å². The van der Waals surface area contributed by atoms with Crippen molar-refractivity contribution in [1.82, 2.24) is 10.2 Å². The maximum absolute atomic E-state index is 6.07. The van der Waals surface area contributed by atoms with Gasteiger partial charge in [-0.3, -0.25) is 4.90 Å². The van der Waals surface area contributed by atoms with E-state index in [1.165, 1.54) is 12.0 Å². The van der Waals surface area contributed by atoms with Crippen molar-refractivity contribution in [3.05, 3.63) is 34.9 Å². The van der Waals surface area contributed by atoms with Crippen LogP contribution in [0.4, 0.5) is 0 Å². The molecule has 1 aliphatic rings. The van der Waals surface area contributed by atoms with E-state index in [2.05, 4.69) is 43.1 Å². The lowest BCUT2D eigenvalue weighted by Gasteiger charge is -2.33. The fourth-order valence-electron chi connectivity index (χ4n) is 2.61. The second-order valence-corrected chi connectivity index (χ2v) is 7.03. The van der Waals surface area contributed by atoms with Gasteiger partial charge in [0.15, 0.2) is 0 Å². The van der Waals surface area contributed by atoms with Crippen molar-refractivity contribution in [2.75, 3.05) is 19.6 Å². The second kappa shape index (κ2) is 6.25. The van der Waals surface area contributed by atoms with Gasteiger partial charge in [-0.15, -0.1) is 0 Å². The Hall–Kier alpha value is -0.570. The maximum atomic E-state index is 6.07. The van der Waals surface area contributed by atoms with Gasteiger partial charge in [0.1, 0.15) is 0 Å². The van der Waals surface area contributed by atoms with Gasteiger partial charge >= 0.3 is 0 Å². The molecule has 0 aliphatic carbocycles. The summed E-state index contributed by atoms with van der Waals surface area (Å²) in [5.74, 6) is 0. The highest BCUT2D eigenvalue weighted by molar-refractivity contribution is 6.30. The second-order valence-electron chi connectivity index (χ2n) is 6.59. The number of rotatable bonds is 2. The van der Waals surface area contributed by atoms with Gasteiger partial charge in [0.2, 0.25) is 0 Å². The Morgan fingerprint density at radius 1 is 1.37 bits per heavy atom. The highest BCUT2D eigenvalue weighted by Gasteiger charge is 2.27. The summed E-state index contributed by atoms with van der Waals surface area (Å²) in [4.78, 5) is 2.54. The molecule has 1 unspecified atom stereocenters. The van der Waals surface area contributed by atoms with Gasteiger partial charge in [0.05, 0.1) is 0 Å². The SMILES string of the molecule is CC(C)(C)C1CN(Cc2cccc(Cl)c2)CCCN1. The van der Waals surface area contributed by atoms with Crippen molar-refractivity contribution in [1.29, 1.82) is 0 Å². The van der Waals surface area contributed by atoms with Crippen LogP contribution < -0.4 is 5.32 Å². The third-order valence-electron chi connectivity index (χ3n) is 3.82. The first kappa shape index (κ1) is 14.8. The van der Waals surface area contributed by atoms with Crippen molar-refractivity contribution in [3.8, 4) is 0 Å². The number of halogens is 1. The minimum Gasteiger partial charge on any atom is -0.312 e. The molecule has 0 aromatic heterocycles. The fraction of sp³-hybridized carbons (Fsp3) is 0.625. The van der Waals surface area contributed by atoms with Crippen LogP contribution in [0, 0.1) is 5.41 Å². The summed E-state index contributed by atoms with van der Waals surface area (Å²) in [6.07, 6.45) is 1.22. The third-order valence-corrected chi connectivity index (χ3v) is 4.06. The Morgan fingerprint density at radius 3 is 2.84 bits per heavy atom. The van der Waals surface area contributed by atoms with E-state index < -0.39 is 0 Å². The van der Waals surface area contributed by atoms with Crippen LogP contribution in [0.1, 0.15) is 32.8 Å². The lowest BCUT2D eigenvalue weighted by molar-refractivity contribution is 0.192. The Labute approximate surface area is 122 Å². The van der Waals surface area contributed by atoms with Crippen molar-refractivity contribution in [2.45, 2.75) is 39.8 Å². The molecule has 106 valence electrons. The van der Waals surface area contributed by atoms with E-state index in [1.807, 2.05) is 12.1 Å². The number of nitrogens with one attached hydrogen (secondary N) is 1. The first-order valence-electron chi connectivity index (χ1n) is 7.15. The molecule has 1 fully saturated rings. The van der Waals surface area contributed by atoms with Crippen molar-refractivity contribution >= 4 is 11.6 Å². The summed E-state index contributed by atoms with van der Waals surface area (Å²) in [5, 5.41) is 4.51. The Balaban J connectivity index is 2.02. The average Bonchev–Trinajstić information content (AvgIpc) is 2.54. The molecular weight excluding hydrogens is 256 g/mol. The minimum atomic E-state index is 0.303. The number of hydrogen-bond acceptors (Lipinski definition) is 2. The summed E-state index contributed by atoms with van der Waals surface area (Å²) in [6, 6.07) is 8.76. The third kappa shape index (κ3) is 4.48. The van der Waals surface area contributed by atoms with Crippen LogP contribution in [0.2, 0.25) is 5.02 Å². The van der Waals surface area contributed by atoms with Crippen LogP contribution in [0.25, 0.3) is 0 Å². The molecule has 1 aromatic rings. The Bertz CT molecular complexity index is 411. The van der Waals surface area contributed by atoms with Gasteiger partial charge in [-0.05, 0) is 42.6 Å². The lowest BCUT2D eigenvalue weighted by atomic mass is 9.86. The predicted octanol–water partition coefficient (Wildman–Crippen LogP) is 3.55. The maximum Gasteiger partial charge on any atom is 0.0409 e. The average molecular weight is 281 g/mol. The lowest BCUT2D eigenvalue weighted by Crippen LogP contribution is -2.46. The van der Waals surface area contributed by atoms with Crippen LogP contribution in [0.15, 0.2) is 24.3 Å². The molecular formula is C16H25ClN2. The topological polar surface area (TPSA) is 15.3 Å². The van der Waals surface area contributed by atoms with Gasteiger partial charge in [-0.2, -0.15) is 0 Å². The molecule has 0 amide bonds. The largest absolute Gasteiger partial charge is 0.312 e. The van der Waals surface area contributed by atoms with Crippen molar-refractivity contribution < 1.29 is 0 Å². The molecule has 0 bridgehead atoms. The van der Waals surface area contributed by atoms with Gasteiger partial charge in [0.25, 0.3) is 0 Å². The summed E-state index contributed by atoms with van der Waals surface area (Å²) >= 11 is 6.07.